The fourth-order valence-electron chi connectivity index (χ4n) is 2.28. The average Bonchev–Trinajstić information content (AvgIpc) is 2.75. The predicted octanol–water partition coefficient (Wildman–Crippen LogP) is 3.11. The van der Waals surface area contributed by atoms with E-state index < -0.39 is 0 Å². The minimum Gasteiger partial charge on any atom is -0.508 e. The summed E-state index contributed by atoms with van der Waals surface area (Å²) in [5.74, 6) is 0.101. The molecule has 0 fully saturated rings. The maximum Gasteiger partial charge on any atom is 0.257 e. The summed E-state index contributed by atoms with van der Waals surface area (Å²) < 4.78 is 0. The van der Waals surface area contributed by atoms with Crippen LogP contribution in [0.25, 0.3) is 5.57 Å². The fraction of sp³-hybridized carbons (Fsp3) is 0.0625. The van der Waals surface area contributed by atoms with E-state index in [1.165, 1.54) is 0 Å². The van der Waals surface area contributed by atoms with Crippen LogP contribution in [-0.4, -0.2) is 11.0 Å². The highest BCUT2D eigenvalue weighted by atomic mass is 16.3. The molecule has 0 aromatic heterocycles. The van der Waals surface area contributed by atoms with Crippen LogP contribution in [0.3, 0.4) is 0 Å². The van der Waals surface area contributed by atoms with Crippen molar-refractivity contribution in [2.24, 2.45) is 0 Å². The van der Waals surface area contributed by atoms with Crippen molar-refractivity contribution >= 4 is 22.9 Å². The van der Waals surface area contributed by atoms with Gasteiger partial charge in [-0.3, -0.25) is 4.79 Å². The summed E-state index contributed by atoms with van der Waals surface area (Å²) in [5, 5.41) is 15.2. The largest absolute Gasteiger partial charge is 0.508 e. The number of rotatable bonds is 2. The molecule has 3 rings (SSSR count). The number of nitrogens with one attached hydrogen (secondary N) is 2. The minimum absolute atomic E-state index is 0.111. The number of amides is 1. The maximum atomic E-state index is 12.0. The molecule has 4 heteroatoms. The van der Waals surface area contributed by atoms with Crippen molar-refractivity contribution < 1.29 is 9.90 Å². The summed E-state index contributed by atoms with van der Waals surface area (Å²) in [7, 11) is 0. The third-order valence-electron chi connectivity index (χ3n) is 3.29. The van der Waals surface area contributed by atoms with Crippen molar-refractivity contribution in [1.29, 1.82) is 0 Å². The summed E-state index contributed by atoms with van der Waals surface area (Å²) >= 11 is 0. The molecule has 0 spiro atoms. The van der Waals surface area contributed by atoms with E-state index in [4.69, 9.17) is 0 Å². The van der Waals surface area contributed by atoms with Gasteiger partial charge < -0.3 is 15.7 Å². The summed E-state index contributed by atoms with van der Waals surface area (Å²) in [6.07, 6.45) is 1.69. The molecule has 2 aromatic rings. The molecule has 0 saturated heterocycles. The molecule has 20 heavy (non-hydrogen) atoms. The Morgan fingerprint density at radius 1 is 1.15 bits per heavy atom. The monoisotopic (exact) mass is 266 g/mol. The zero-order valence-electron chi connectivity index (χ0n) is 11.0. The first-order valence-corrected chi connectivity index (χ1v) is 6.32. The van der Waals surface area contributed by atoms with Gasteiger partial charge in [-0.2, -0.15) is 0 Å². The molecule has 0 unspecified atom stereocenters. The number of hydrogen-bond acceptors (Lipinski definition) is 3. The number of benzene rings is 2. The Hall–Kier alpha value is -2.75. The summed E-state index contributed by atoms with van der Waals surface area (Å²) in [5.41, 5.74) is 4.26. The lowest BCUT2D eigenvalue weighted by Gasteiger charge is -2.04. The van der Waals surface area contributed by atoms with Crippen molar-refractivity contribution in [3.8, 4) is 5.75 Å². The highest BCUT2D eigenvalue weighted by Gasteiger charge is 2.25. The molecule has 100 valence electrons. The molecule has 0 aliphatic carbocycles. The molecule has 0 radical (unpaired) electrons. The van der Waals surface area contributed by atoms with E-state index in [0.29, 0.717) is 5.57 Å². The number of phenols is 1. The molecule has 1 amide bonds. The molecule has 1 heterocycles. The Morgan fingerprint density at radius 3 is 2.65 bits per heavy atom. The van der Waals surface area contributed by atoms with Crippen LogP contribution >= 0.6 is 0 Å². The topological polar surface area (TPSA) is 61.4 Å². The van der Waals surface area contributed by atoms with Crippen LogP contribution in [0.1, 0.15) is 11.1 Å². The Labute approximate surface area is 116 Å². The van der Waals surface area contributed by atoms with Gasteiger partial charge in [-0.15, -0.1) is 0 Å². The van der Waals surface area contributed by atoms with Gasteiger partial charge in [0.05, 0.1) is 5.57 Å². The molecular formula is C16H14N2O2. The lowest BCUT2D eigenvalue weighted by atomic mass is 10.0. The minimum atomic E-state index is -0.111. The van der Waals surface area contributed by atoms with E-state index in [0.717, 1.165) is 22.5 Å². The second-order valence-corrected chi connectivity index (χ2v) is 4.70. The van der Waals surface area contributed by atoms with Crippen LogP contribution in [-0.2, 0) is 4.79 Å². The molecule has 0 saturated carbocycles. The Kier molecular flexibility index (Phi) is 2.91. The van der Waals surface area contributed by atoms with E-state index >= 15 is 0 Å². The second-order valence-electron chi connectivity index (χ2n) is 4.70. The number of aromatic hydroxyl groups is 1. The van der Waals surface area contributed by atoms with Gasteiger partial charge in [-0.1, -0.05) is 12.1 Å². The zero-order valence-corrected chi connectivity index (χ0v) is 11.0. The number of carbonyl (C=O) groups excluding carboxylic acids is 1. The van der Waals surface area contributed by atoms with Crippen LogP contribution in [0.4, 0.5) is 11.4 Å². The predicted molar refractivity (Wildman–Crippen MR) is 79.5 cm³/mol. The molecule has 1 aliphatic heterocycles. The van der Waals surface area contributed by atoms with Gasteiger partial charge in [0, 0.05) is 23.1 Å². The molecule has 4 nitrogen and oxygen atoms in total. The smallest absolute Gasteiger partial charge is 0.257 e. The quantitative estimate of drug-likeness (QED) is 0.578. The van der Waals surface area contributed by atoms with E-state index in [-0.39, 0.29) is 11.7 Å². The second kappa shape index (κ2) is 4.74. The summed E-state index contributed by atoms with van der Waals surface area (Å²) in [4.78, 5) is 12.0. The highest BCUT2D eigenvalue weighted by Crippen LogP contribution is 2.34. The number of aryl methyl sites for hydroxylation is 1. The number of anilines is 2. The normalized spacial score (nSPS) is 15.1. The lowest BCUT2D eigenvalue weighted by molar-refractivity contribution is -0.110. The Balaban J connectivity index is 1.93. The number of carbonyl (C=O) groups is 1. The van der Waals surface area contributed by atoms with Gasteiger partial charge >= 0.3 is 0 Å². The fourth-order valence-corrected chi connectivity index (χ4v) is 2.28. The standard InChI is InChI=1S/C16H14N2O2/c1-10-3-2-4-14-15(10)13(16(20)18-14)9-17-11-5-7-12(19)8-6-11/h2-9,17,19H,1H3,(H,18,20)/b13-9+. The van der Waals surface area contributed by atoms with Crippen molar-refractivity contribution in [3.63, 3.8) is 0 Å². The van der Waals surface area contributed by atoms with Gasteiger partial charge in [0.2, 0.25) is 0 Å². The van der Waals surface area contributed by atoms with Gasteiger partial charge in [0.15, 0.2) is 0 Å². The molecule has 0 bridgehead atoms. The summed E-state index contributed by atoms with van der Waals surface area (Å²) in [6.45, 7) is 1.98. The molecular weight excluding hydrogens is 252 g/mol. The molecule has 0 atom stereocenters. The Bertz CT molecular complexity index is 703. The number of hydrogen-bond donors (Lipinski definition) is 3. The van der Waals surface area contributed by atoms with Crippen molar-refractivity contribution in [1.82, 2.24) is 0 Å². The first-order valence-electron chi connectivity index (χ1n) is 6.32. The van der Waals surface area contributed by atoms with E-state index in [9.17, 15) is 9.90 Å². The third-order valence-corrected chi connectivity index (χ3v) is 3.29. The molecule has 2 aromatic carbocycles. The van der Waals surface area contributed by atoms with Crippen molar-refractivity contribution in [3.05, 3.63) is 59.8 Å². The average molecular weight is 266 g/mol. The van der Waals surface area contributed by atoms with E-state index in [1.807, 2.05) is 25.1 Å². The summed E-state index contributed by atoms with van der Waals surface area (Å²) in [6, 6.07) is 12.5. The maximum absolute atomic E-state index is 12.0. The Morgan fingerprint density at radius 2 is 1.90 bits per heavy atom. The SMILES string of the molecule is Cc1cccc2c1/C(=C\Nc1ccc(O)cc1)C(=O)N2. The van der Waals surface area contributed by atoms with E-state index in [2.05, 4.69) is 10.6 Å². The van der Waals surface area contributed by atoms with Crippen LogP contribution in [0.15, 0.2) is 48.7 Å². The van der Waals surface area contributed by atoms with Crippen LogP contribution in [0.2, 0.25) is 0 Å². The molecule has 3 N–H and O–H groups in total. The van der Waals surface area contributed by atoms with Gasteiger partial charge in [0.1, 0.15) is 5.75 Å². The van der Waals surface area contributed by atoms with Crippen molar-refractivity contribution in [2.45, 2.75) is 6.92 Å². The number of fused-ring (bicyclic) bond motifs is 1. The van der Waals surface area contributed by atoms with Gasteiger partial charge in [-0.25, -0.2) is 0 Å². The number of phenolic OH excluding ortho intramolecular Hbond substituents is 1. The van der Waals surface area contributed by atoms with Gasteiger partial charge in [-0.05, 0) is 42.8 Å². The van der Waals surface area contributed by atoms with Crippen molar-refractivity contribution in [2.75, 3.05) is 10.6 Å². The zero-order chi connectivity index (χ0) is 14.1. The first-order chi connectivity index (χ1) is 9.65. The molecule has 1 aliphatic rings. The highest BCUT2D eigenvalue weighted by molar-refractivity contribution is 6.32. The van der Waals surface area contributed by atoms with Crippen LogP contribution in [0, 0.1) is 6.92 Å². The lowest BCUT2D eigenvalue weighted by Crippen LogP contribution is -2.05. The van der Waals surface area contributed by atoms with Crippen LogP contribution < -0.4 is 10.6 Å². The van der Waals surface area contributed by atoms with Gasteiger partial charge in [0.25, 0.3) is 5.91 Å². The first kappa shape index (κ1) is 12.3. The van der Waals surface area contributed by atoms with Crippen LogP contribution in [0.5, 0.6) is 5.75 Å². The third kappa shape index (κ3) is 2.12. The van der Waals surface area contributed by atoms with E-state index in [1.54, 1.807) is 30.5 Å².